The van der Waals surface area contributed by atoms with Crippen molar-refractivity contribution in [2.24, 2.45) is 0 Å². The number of anilines is 1. The van der Waals surface area contributed by atoms with Crippen molar-refractivity contribution in [3.63, 3.8) is 0 Å². The number of aromatic nitrogens is 3. The average molecular weight is 179 g/mol. The van der Waals surface area contributed by atoms with Crippen molar-refractivity contribution >= 4 is 5.69 Å². The van der Waals surface area contributed by atoms with Crippen molar-refractivity contribution in [3.05, 3.63) is 36.5 Å². The van der Waals surface area contributed by atoms with Gasteiger partial charge in [-0.05, 0) is 12.9 Å². The van der Waals surface area contributed by atoms with Gasteiger partial charge >= 0.3 is 0 Å². The number of nitrogen functional groups attached to an aromatic ring is 1. The van der Waals surface area contributed by atoms with Gasteiger partial charge in [-0.1, -0.05) is 0 Å². The molecule has 2 heterocycles. The third kappa shape index (κ3) is 1.51. The van der Waals surface area contributed by atoms with Crippen LogP contribution in [0.15, 0.2) is 30.8 Å². The maximum absolute atomic E-state index is 7.77. The zero-order valence-corrected chi connectivity index (χ0v) is 6.65. The van der Waals surface area contributed by atoms with Crippen molar-refractivity contribution < 1.29 is 6.85 Å². The average Bonchev–Trinajstić information content (AvgIpc) is 2.54. The molecular weight excluding hydrogens is 164 g/mol. The first kappa shape index (κ1) is 3.91. The normalized spacial score (nSPS) is 16.8. The number of nitrogens with two attached hydrogens (primary N) is 1. The molecule has 0 amide bonds. The lowest BCUT2D eigenvalue weighted by molar-refractivity contribution is 0.994. The molecule has 0 fully saturated rings. The molecule has 4 heteroatoms. The molecule has 2 aromatic heterocycles. The summed E-state index contributed by atoms with van der Waals surface area (Å²) in [7, 11) is 0. The highest BCUT2D eigenvalue weighted by Crippen LogP contribution is 2.08. The summed E-state index contributed by atoms with van der Waals surface area (Å²) >= 11 is 0. The molecule has 0 unspecified atom stereocenters. The van der Waals surface area contributed by atoms with Crippen LogP contribution in [0.25, 0.3) is 5.82 Å². The molecule has 2 aromatic rings. The Kier molecular flexibility index (Phi) is 0.871. The van der Waals surface area contributed by atoms with Crippen LogP contribution >= 0.6 is 0 Å². The zero-order valence-electron chi connectivity index (χ0n) is 11.7. The van der Waals surface area contributed by atoms with Crippen LogP contribution in [0, 0.1) is 6.85 Å². The van der Waals surface area contributed by atoms with Crippen molar-refractivity contribution in [3.8, 4) is 5.82 Å². The molecule has 0 aliphatic rings. The van der Waals surface area contributed by atoms with E-state index in [0.717, 1.165) is 4.57 Å². The quantitative estimate of drug-likeness (QED) is 0.714. The van der Waals surface area contributed by atoms with Crippen LogP contribution in [-0.4, -0.2) is 14.5 Å². The van der Waals surface area contributed by atoms with Crippen molar-refractivity contribution in [2.45, 2.75) is 6.85 Å². The van der Waals surface area contributed by atoms with Gasteiger partial charge in [0.25, 0.3) is 0 Å². The van der Waals surface area contributed by atoms with E-state index >= 15 is 0 Å². The molecule has 0 saturated carbocycles. The monoisotopic (exact) mass is 179 g/mol. The van der Waals surface area contributed by atoms with E-state index in [1.807, 2.05) is 0 Å². The fraction of sp³-hybridized carbons (Fsp3) is 0.111. The molecule has 0 radical (unpaired) electrons. The number of pyridine rings is 1. The van der Waals surface area contributed by atoms with Gasteiger partial charge in [0.05, 0.1) is 7.06 Å². The molecule has 0 aliphatic heterocycles. The molecular formula is C9H10N4. The standard InChI is InChI=1S/C9H10N4/c1-7-5-13(6-12-7)9-4-8(10)2-3-11-9/h2-6H,1H3,(H2,10,11)/i1D3,5D,6D. The first-order valence-corrected chi connectivity index (χ1v) is 3.59. The third-order valence-corrected chi connectivity index (χ3v) is 1.48. The molecule has 2 rings (SSSR count). The van der Waals surface area contributed by atoms with Gasteiger partial charge in [-0.25, -0.2) is 9.97 Å². The van der Waals surface area contributed by atoms with E-state index in [1.165, 1.54) is 12.3 Å². The Morgan fingerprint density at radius 2 is 2.54 bits per heavy atom. The smallest absolute Gasteiger partial charge is 0.139 e. The van der Waals surface area contributed by atoms with E-state index in [2.05, 4.69) is 9.97 Å². The largest absolute Gasteiger partial charge is 0.399 e. The number of hydrogen-bond donors (Lipinski definition) is 1. The maximum atomic E-state index is 7.77. The molecule has 66 valence electrons. The van der Waals surface area contributed by atoms with E-state index in [1.54, 1.807) is 6.07 Å². The number of hydrogen-bond acceptors (Lipinski definition) is 3. The van der Waals surface area contributed by atoms with E-state index in [-0.39, 0.29) is 18.3 Å². The number of nitrogens with zero attached hydrogens (tertiary/aromatic N) is 3. The molecule has 4 nitrogen and oxygen atoms in total. The van der Waals surface area contributed by atoms with Gasteiger partial charge in [0, 0.05) is 28.2 Å². The first-order chi connectivity index (χ1) is 8.30. The predicted molar refractivity (Wildman–Crippen MR) is 50.5 cm³/mol. The van der Waals surface area contributed by atoms with E-state index in [4.69, 9.17) is 12.6 Å². The lowest BCUT2D eigenvalue weighted by Crippen LogP contribution is -1.95. The molecule has 0 bridgehead atoms. The van der Waals surface area contributed by atoms with Crippen LogP contribution in [0.5, 0.6) is 0 Å². The van der Waals surface area contributed by atoms with Crippen molar-refractivity contribution in [2.75, 3.05) is 5.73 Å². The fourth-order valence-electron chi connectivity index (χ4n) is 0.921. The lowest BCUT2D eigenvalue weighted by atomic mass is 10.4. The second kappa shape index (κ2) is 2.90. The molecule has 0 aromatic carbocycles. The third-order valence-electron chi connectivity index (χ3n) is 1.48. The number of rotatable bonds is 1. The topological polar surface area (TPSA) is 56.7 Å². The Hall–Kier alpha value is -1.84. The molecule has 0 atom stereocenters. The van der Waals surface area contributed by atoms with Gasteiger partial charge in [-0.15, -0.1) is 0 Å². The molecule has 0 spiro atoms. The van der Waals surface area contributed by atoms with E-state index in [9.17, 15) is 0 Å². The number of imidazole rings is 1. The van der Waals surface area contributed by atoms with Crippen molar-refractivity contribution in [1.29, 1.82) is 0 Å². The molecule has 13 heavy (non-hydrogen) atoms. The highest BCUT2D eigenvalue weighted by Gasteiger charge is 1.98. The van der Waals surface area contributed by atoms with Gasteiger partial charge in [0.2, 0.25) is 0 Å². The van der Waals surface area contributed by atoms with E-state index in [0.29, 0.717) is 5.69 Å². The minimum absolute atomic E-state index is 0.202. The second-order valence-corrected chi connectivity index (χ2v) is 2.45. The van der Waals surface area contributed by atoms with Crippen molar-refractivity contribution in [1.82, 2.24) is 14.5 Å². The Balaban J connectivity index is 2.63. The fourth-order valence-corrected chi connectivity index (χ4v) is 0.921. The minimum Gasteiger partial charge on any atom is -0.399 e. The summed E-state index contributed by atoms with van der Waals surface area (Å²) in [5, 5.41) is 0. The summed E-state index contributed by atoms with van der Waals surface area (Å²) in [6.45, 7) is -2.53. The van der Waals surface area contributed by atoms with Crippen LogP contribution in [0.4, 0.5) is 5.69 Å². The molecule has 0 aliphatic carbocycles. The van der Waals surface area contributed by atoms with Gasteiger partial charge in [-0.2, -0.15) is 0 Å². The Bertz CT molecular complexity index is 589. The summed E-state index contributed by atoms with van der Waals surface area (Å²) in [6.07, 6.45) is 0.681. The first-order valence-electron chi connectivity index (χ1n) is 6.09. The van der Waals surface area contributed by atoms with Crippen LogP contribution in [0.1, 0.15) is 12.5 Å². The molecule has 2 N–H and O–H groups in total. The van der Waals surface area contributed by atoms with Crippen LogP contribution < -0.4 is 5.73 Å². The van der Waals surface area contributed by atoms with Crippen LogP contribution in [0.2, 0.25) is 0 Å². The predicted octanol–water partition coefficient (Wildman–Crippen LogP) is 1.16. The van der Waals surface area contributed by atoms with Crippen LogP contribution in [0.3, 0.4) is 0 Å². The zero-order chi connectivity index (χ0) is 13.5. The Morgan fingerprint density at radius 3 is 3.23 bits per heavy atom. The van der Waals surface area contributed by atoms with E-state index < -0.39 is 12.5 Å². The summed E-state index contributed by atoms with van der Waals surface area (Å²) in [6, 6.07) is 3.00. The van der Waals surface area contributed by atoms with Gasteiger partial charge in [0.15, 0.2) is 0 Å². The summed E-state index contributed by atoms with van der Waals surface area (Å²) in [4.78, 5) is 7.53. The highest BCUT2D eigenvalue weighted by molar-refractivity contribution is 5.42. The van der Waals surface area contributed by atoms with Gasteiger partial charge in [-0.3, -0.25) is 4.57 Å². The highest BCUT2D eigenvalue weighted by atomic mass is 15.1. The van der Waals surface area contributed by atoms with Crippen LogP contribution in [-0.2, 0) is 0 Å². The lowest BCUT2D eigenvalue weighted by Gasteiger charge is -2.00. The summed E-state index contributed by atoms with van der Waals surface area (Å²) in [5.41, 5.74) is 5.57. The maximum Gasteiger partial charge on any atom is 0.139 e. The molecule has 0 saturated heterocycles. The van der Waals surface area contributed by atoms with Gasteiger partial charge in [0.1, 0.15) is 13.5 Å². The van der Waals surface area contributed by atoms with Gasteiger partial charge < -0.3 is 5.73 Å². The summed E-state index contributed by atoms with van der Waals surface area (Å²) in [5.74, 6) is 0.202. The summed E-state index contributed by atoms with van der Waals surface area (Å²) < 4.78 is 38.1. The second-order valence-electron chi connectivity index (χ2n) is 2.45. The Labute approximate surface area is 83.1 Å². The minimum atomic E-state index is -2.53. The SMILES string of the molecule is [2H]c1nc(C([2H])([2H])[2H])c([2H])n1-c1cc(N)ccn1. The number of aryl methyl sites for hydroxylation is 1. The Morgan fingerprint density at radius 1 is 1.62 bits per heavy atom.